The lowest BCUT2D eigenvalue weighted by molar-refractivity contribution is 0.886. The van der Waals surface area contributed by atoms with Gasteiger partial charge in [-0.25, -0.2) is 0 Å². The molecule has 0 amide bonds. The normalized spacial score (nSPS) is 10.4. The highest BCUT2D eigenvalue weighted by molar-refractivity contribution is 6.31. The second kappa shape index (κ2) is 5.27. The third-order valence-electron chi connectivity index (χ3n) is 2.84. The molecule has 1 aromatic heterocycles. The molecule has 0 radical (unpaired) electrons. The van der Waals surface area contributed by atoms with Gasteiger partial charge in [0, 0.05) is 18.3 Å². The first-order chi connectivity index (χ1) is 8.58. The summed E-state index contributed by atoms with van der Waals surface area (Å²) in [6.07, 6.45) is 1.79. The van der Waals surface area contributed by atoms with Crippen LogP contribution in [-0.2, 0) is 6.54 Å². The molecule has 2 rings (SSSR count). The number of hydrogen-bond donors (Lipinski definition) is 1. The predicted octanol–water partition coefficient (Wildman–Crippen LogP) is 3.26. The minimum Gasteiger partial charge on any atom is -0.397 e. The molecule has 0 bridgehead atoms. The molecule has 0 aliphatic carbocycles. The maximum Gasteiger partial charge on any atom is 0.0604 e. The van der Waals surface area contributed by atoms with Gasteiger partial charge >= 0.3 is 0 Å². The van der Waals surface area contributed by atoms with Crippen molar-refractivity contribution in [1.29, 1.82) is 0 Å². The predicted molar refractivity (Wildman–Crippen MR) is 76.9 cm³/mol. The number of hydrogen-bond acceptors (Lipinski definition) is 3. The van der Waals surface area contributed by atoms with Gasteiger partial charge in [-0.05, 0) is 36.8 Å². The number of benzene rings is 1. The zero-order chi connectivity index (χ0) is 13.1. The van der Waals surface area contributed by atoms with Gasteiger partial charge in [-0.3, -0.25) is 4.98 Å². The molecule has 0 aliphatic heterocycles. The molecule has 0 saturated carbocycles. The molecule has 0 aliphatic rings. The van der Waals surface area contributed by atoms with Crippen molar-refractivity contribution < 1.29 is 0 Å². The van der Waals surface area contributed by atoms with E-state index in [1.165, 1.54) is 0 Å². The maximum atomic E-state index is 6.04. The fourth-order valence-electron chi connectivity index (χ4n) is 1.83. The smallest absolute Gasteiger partial charge is 0.0604 e. The first-order valence-corrected chi connectivity index (χ1v) is 6.12. The Hall–Kier alpha value is -1.74. The summed E-state index contributed by atoms with van der Waals surface area (Å²) in [5.41, 5.74) is 9.69. The Kier molecular flexibility index (Phi) is 3.72. The van der Waals surface area contributed by atoms with E-state index in [9.17, 15) is 0 Å². The van der Waals surface area contributed by atoms with Gasteiger partial charge in [-0.2, -0.15) is 0 Å². The van der Waals surface area contributed by atoms with Gasteiger partial charge in [0.05, 0.1) is 23.6 Å². The molecule has 2 N–H and O–H groups in total. The van der Waals surface area contributed by atoms with Crippen LogP contribution >= 0.6 is 11.6 Å². The van der Waals surface area contributed by atoms with Gasteiger partial charge in [-0.15, -0.1) is 0 Å². The van der Waals surface area contributed by atoms with E-state index in [1.807, 2.05) is 38.2 Å². The van der Waals surface area contributed by atoms with Crippen molar-refractivity contribution in [2.75, 3.05) is 17.7 Å². The van der Waals surface area contributed by atoms with Crippen LogP contribution in [-0.4, -0.2) is 12.0 Å². The highest BCUT2D eigenvalue weighted by Gasteiger charge is 2.09. The van der Waals surface area contributed by atoms with Crippen molar-refractivity contribution in [3.8, 4) is 0 Å². The molecule has 2 aromatic rings. The third-order valence-corrected chi connectivity index (χ3v) is 3.25. The first kappa shape index (κ1) is 12.7. The molecule has 0 saturated heterocycles. The molecule has 94 valence electrons. The van der Waals surface area contributed by atoms with Crippen LogP contribution in [0.5, 0.6) is 0 Å². The van der Waals surface area contributed by atoms with Gasteiger partial charge in [0.25, 0.3) is 0 Å². The summed E-state index contributed by atoms with van der Waals surface area (Å²) in [5, 5.41) is 0.697. The minimum absolute atomic E-state index is 0.684. The number of nitrogens with two attached hydrogens (primary N) is 1. The monoisotopic (exact) mass is 261 g/mol. The molecule has 0 atom stereocenters. The summed E-state index contributed by atoms with van der Waals surface area (Å²) < 4.78 is 0. The number of aryl methyl sites for hydroxylation is 1. The summed E-state index contributed by atoms with van der Waals surface area (Å²) >= 11 is 6.04. The van der Waals surface area contributed by atoms with Crippen LogP contribution in [0.25, 0.3) is 0 Å². The standard InChI is InChI=1S/C14H16ClN3/c1-10-7-14(13(16)8-12(10)15)18(2)9-11-5-3-4-6-17-11/h3-8H,9,16H2,1-2H3. The maximum absolute atomic E-state index is 6.04. The van der Waals surface area contributed by atoms with Crippen molar-refractivity contribution in [2.24, 2.45) is 0 Å². The van der Waals surface area contributed by atoms with Gasteiger partial charge in [0.2, 0.25) is 0 Å². The number of anilines is 2. The van der Waals surface area contributed by atoms with E-state index in [2.05, 4.69) is 9.88 Å². The van der Waals surface area contributed by atoms with E-state index in [1.54, 1.807) is 12.3 Å². The minimum atomic E-state index is 0.684. The van der Waals surface area contributed by atoms with Crippen LogP contribution in [0.3, 0.4) is 0 Å². The lowest BCUT2D eigenvalue weighted by Gasteiger charge is -2.21. The van der Waals surface area contributed by atoms with Gasteiger partial charge in [-0.1, -0.05) is 17.7 Å². The van der Waals surface area contributed by atoms with Crippen LogP contribution in [0.4, 0.5) is 11.4 Å². The molecule has 18 heavy (non-hydrogen) atoms. The summed E-state index contributed by atoms with van der Waals surface area (Å²) in [6.45, 7) is 2.69. The topological polar surface area (TPSA) is 42.2 Å². The highest BCUT2D eigenvalue weighted by atomic mass is 35.5. The van der Waals surface area contributed by atoms with Crippen LogP contribution in [0.2, 0.25) is 5.02 Å². The van der Waals surface area contributed by atoms with Crippen molar-refractivity contribution >= 4 is 23.0 Å². The lowest BCUT2D eigenvalue weighted by atomic mass is 10.1. The number of aromatic nitrogens is 1. The summed E-state index contributed by atoms with van der Waals surface area (Å²) in [6, 6.07) is 9.67. The molecular weight excluding hydrogens is 246 g/mol. The average Bonchev–Trinajstić information content (AvgIpc) is 2.35. The Labute approximate surface area is 112 Å². The fraction of sp³-hybridized carbons (Fsp3) is 0.214. The zero-order valence-corrected chi connectivity index (χ0v) is 11.3. The molecule has 3 nitrogen and oxygen atoms in total. The average molecular weight is 262 g/mol. The van der Waals surface area contributed by atoms with Crippen molar-refractivity contribution in [1.82, 2.24) is 4.98 Å². The highest BCUT2D eigenvalue weighted by Crippen LogP contribution is 2.29. The number of nitrogen functional groups attached to an aromatic ring is 1. The second-order valence-corrected chi connectivity index (χ2v) is 4.74. The fourth-order valence-corrected chi connectivity index (χ4v) is 2.00. The van der Waals surface area contributed by atoms with Crippen molar-refractivity contribution in [3.05, 3.63) is 52.8 Å². The van der Waals surface area contributed by atoms with Crippen molar-refractivity contribution in [3.63, 3.8) is 0 Å². The Morgan fingerprint density at radius 2 is 2.11 bits per heavy atom. The SMILES string of the molecule is Cc1cc(N(C)Cc2ccccn2)c(N)cc1Cl. The molecule has 0 fully saturated rings. The third kappa shape index (κ3) is 2.74. The number of nitrogens with zero attached hydrogens (tertiary/aromatic N) is 2. The van der Waals surface area contributed by atoms with Crippen molar-refractivity contribution in [2.45, 2.75) is 13.5 Å². The number of rotatable bonds is 3. The molecular formula is C14H16ClN3. The van der Waals surface area contributed by atoms with E-state index in [0.29, 0.717) is 17.3 Å². The summed E-state index contributed by atoms with van der Waals surface area (Å²) in [7, 11) is 1.99. The van der Waals surface area contributed by atoms with Gasteiger partial charge in [0.15, 0.2) is 0 Å². The Morgan fingerprint density at radius 1 is 1.33 bits per heavy atom. The largest absolute Gasteiger partial charge is 0.397 e. The Morgan fingerprint density at radius 3 is 2.78 bits per heavy atom. The lowest BCUT2D eigenvalue weighted by Crippen LogP contribution is -2.18. The van der Waals surface area contributed by atoms with E-state index in [-0.39, 0.29) is 0 Å². The number of pyridine rings is 1. The van der Waals surface area contributed by atoms with Gasteiger partial charge < -0.3 is 10.6 Å². The quantitative estimate of drug-likeness (QED) is 0.863. The first-order valence-electron chi connectivity index (χ1n) is 5.74. The van der Waals surface area contributed by atoms with Crippen LogP contribution < -0.4 is 10.6 Å². The molecule has 0 spiro atoms. The Bertz CT molecular complexity index is 540. The number of halogens is 1. The van der Waals surface area contributed by atoms with Crippen LogP contribution in [0.1, 0.15) is 11.3 Å². The van der Waals surface area contributed by atoms with E-state index in [0.717, 1.165) is 16.9 Å². The van der Waals surface area contributed by atoms with Crippen LogP contribution in [0, 0.1) is 6.92 Å². The molecule has 1 heterocycles. The van der Waals surface area contributed by atoms with E-state index < -0.39 is 0 Å². The molecule has 1 aromatic carbocycles. The summed E-state index contributed by atoms with van der Waals surface area (Å²) in [4.78, 5) is 6.38. The van der Waals surface area contributed by atoms with E-state index in [4.69, 9.17) is 17.3 Å². The van der Waals surface area contributed by atoms with Crippen LogP contribution in [0.15, 0.2) is 36.5 Å². The molecule has 0 unspecified atom stereocenters. The summed E-state index contributed by atoms with van der Waals surface area (Å²) in [5.74, 6) is 0. The Balaban J connectivity index is 2.24. The second-order valence-electron chi connectivity index (χ2n) is 4.34. The zero-order valence-electron chi connectivity index (χ0n) is 10.5. The van der Waals surface area contributed by atoms with E-state index >= 15 is 0 Å². The van der Waals surface area contributed by atoms with Gasteiger partial charge in [0.1, 0.15) is 0 Å². The molecule has 4 heteroatoms.